The lowest BCUT2D eigenvalue weighted by Crippen LogP contribution is -2.26. The third-order valence-corrected chi connectivity index (χ3v) is 3.99. The Morgan fingerprint density at radius 2 is 1.77 bits per heavy atom. The molecule has 1 aromatic carbocycles. The van der Waals surface area contributed by atoms with Gasteiger partial charge in [-0.25, -0.2) is 4.79 Å². The molecule has 0 radical (unpaired) electrons. The quantitative estimate of drug-likeness (QED) is 0.535. The smallest absolute Gasteiger partial charge is 0.329 e. The fourth-order valence-corrected chi connectivity index (χ4v) is 2.68. The van der Waals surface area contributed by atoms with E-state index in [0.717, 1.165) is 18.4 Å². The maximum atomic E-state index is 10.2. The van der Waals surface area contributed by atoms with Crippen molar-refractivity contribution in [2.75, 3.05) is 46.2 Å². The van der Waals surface area contributed by atoms with Crippen molar-refractivity contribution in [3.63, 3.8) is 0 Å². The van der Waals surface area contributed by atoms with Crippen molar-refractivity contribution in [2.45, 2.75) is 31.7 Å². The average Bonchev–Trinajstić information content (AvgIpc) is 3.03. The Bertz CT molecular complexity index is 522. The summed E-state index contributed by atoms with van der Waals surface area (Å²) in [5, 5.41) is 8.40. The fourth-order valence-electron chi connectivity index (χ4n) is 2.68. The summed E-state index contributed by atoms with van der Waals surface area (Å²) in [6, 6.07) is 10.1. The molecule has 0 aliphatic carbocycles. The normalized spacial score (nSPS) is 22.6. The van der Waals surface area contributed by atoms with Gasteiger partial charge in [-0.05, 0) is 18.9 Å². The van der Waals surface area contributed by atoms with Gasteiger partial charge in [-0.1, -0.05) is 30.3 Å². The first kappa shape index (κ1) is 20.8. The maximum Gasteiger partial charge on any atom is 0.329 e. The number of carboxylic acids is 1. The lowest BCUT2D eigenvalue weighted by atomic mass is 10.1. The molecule has 26 heavy (non-hydrogen) atoms. The molecule has 7 heteroatoms. The number of aliphatic carboxylic acids is 1. The largest absolute Gasteiger partial charge is 0.480 e. The van der Waals surface area contributed by atoms with Gasteiger partial charge in [0.25, 0.3) is 0 Å². The van der Waals surface area contributed by atoms with E-state index in [1.54, 1.807) is 0 Å². The summed E-state index contributed by atoms with van der Waals surface area (Å²) in [6.07, 6.45) is 1.58. The van der Waals surface area contributed by atoms with Crippen LogP contribution in [0.1, 0.15) is 31.4 Å². The number of carboxylic acid groups (broad SMARTS) is 1. The van der Waals surface area contributed by atoms with E-state index in [1.807, 2.05) is 25.1 Å². The molecule has 0 spiro atoms. The van der Waals surface area contributed by atoms with E-state index in [-0.39, 0.29) is 19.3 Å². The summed E-state index contributed by atoms with van der Waals surface area (Å²) >= 11 is 0. The number of hydrogen-bond donors (Lipinski definition) is 1. The molecule has 1 aliphatic rings. The molecule has 2 rings (SSSR count). The Kier molecular flexibility index (Phi) is 9.00. The molecule has 7 nitrogen and oxygen atoms in total. The van der Waals surface area contributed by atoms with Gasteiger partial charge in [0.05, 0.1) is 33.0 Å². The summed E-state index contributed by atoms with van der Waals surface area (Å²) in [5.41, 5.74) is 1.14. The molecular weight excluding hydrogens is 340 g/mol. The van der Waals surface area contributed by atoms with Crippen LogP contribution in [0.4, 0.5) is 0 Å². The zero-order chi connectivity index (χ0) is 18.7. The molecule has 2 unspecified atom stereocenters. The highest BCUT2D eigenvalue weighted by atomic mass is 16.7. The molecule has 1 aliphatic heterocycles. The third kappa shape index (κ3) is 7.80. The molecule has 146 valence electrons. The number of carbonyl (C=O) groups is 1. The van der Waals surface area contributed by atoms with E-state index in [4.69, 9.17) is 28.8 Å². The lowest BCUT2D eigenvalue weighted by Gasteiger charge is -2.23. The van der Waals surface area contributed by atoms with Crippen molar-refractivity contribution in [1.29, 1.82) is 0 Å². The Labute approximate surface area is 154 Å². The van der Waals surface area contributed by atoms with Crippen molar-refractivity contribution in [3.05, 3.63) is 35.9 Å². The SMILES string of the molecule is CC1(CCCOCCOCCOCC(=O)O)OCC(c2ccccc2)O1. The van der Waals surface area contributed by atoms with E-state index in [2.05, 4.69) is 12.1 Å². The highest BCUT2D eigenvalue weighted by Crippen LogP contribution is 2.35. The molecule has 2 atom stereocenters. The van der Waals surface area contributed by atoms with E-state index in [1.165, 1.54) is 0 Å². The lowest BCUT2D eigenvalue weighted by molar-refractivity contribution is -0.161. The molecule has 0 amide bonds. The van der Waals surface area contributed by atoms with Gasteiger partial charge in [-0.3, -0.25) is 0 Å². The first-order valence-corrected chi connectivity index (χ1v) is 8.91. The van der Waals surface area contributed by atoms with Gasteiger partial charge in [-0.2, -0.15) is 0 Å². The molecule has 1 saturated heterocycles. The first-order chi connectivity index (χ1) is 12.6. The van der Waals surface area contributed by atoms with Crippen molar-refractivity contribution in [2.24, 2.45) is 0 Å². The number of benzene rings is 1. The Morgan fingerprint density at radius 3 is 2.46 bits per heavy atom. The number of hydrogen-bond acceptors (Lipinski definition) is 6. The summed E-state index contributed by atoms with van der Waals surface area (Å²) in [4.78, 5) is 10.2. The van der Waals surface area contributed by atoms with Crippen molar-refractivity contribution < 1.29 is 33.6 Å². The van der Waals surface area contributed by atoms with Crippen LogP contribution in [-0.2, 0) is 28.5 Å². The second-order valence-corrected chi connectivity index (χ2v) is 6.24. The second-order valence-electron chi connectivity index (χ2n) is 6.24. The zero-order valence-corrected chi connectivity index (χ0v) is 15.2. The minimum atomic E-state index is -0.979. The molecule has 0 saturated carbocycles. The number of ether oxygens (including phenoxy) is 5. The van der Waals surface area contributed by atoms with Crippen LogP contribution in [0.15, 0.2) is 30.3 Å². The van der Waals surface area contributed by atoms with Crippen LogP contribution in [-0.4, -0.2) is 63.1 Å². The highest BCUT2D eigenvalue weighted by molar-refractivity contribution is 5.67. The van der Waals surface area contributed by atoms with Crippen LogP contribution in [0.25, 0.3) is 0 Å². The van der Waals surface area contributed by atoms with Gasteiger partial charge >= 0.3 is 5.97 Å². The number of rotatable bonds is 13. The van der Waals surface area contributed by atoms with E-state index in [9.17, 15) is 4.79 Å². The third-order valence-electron chi connectivity index (χ3n) is 3.99. The van der Waals surface area contributed by atoms with Crippen LogP contribution in [0, 0.1) is 0 Å². The van der Waals surface area contributed by atoms with Crippen LogP contribution in [0.3, 0.4) is 0 Å². The standard InChI is InChI=1S/C19H28O7/c1-19(25-14-17(26-19)16-6-3-2-4-7-16)8-5-9-22-10-11-23-12-13-24-15-18(20)21/h2-4,6-7,17H,5,8-15H2,1H3,(H,20,21). The second kappa shape index (κ2) is 11.3. The Morgan fingerprint density at radius 1 is 1.12 bits per heavy atom. The average molecular weight is 368 g/mol. The Balaban J connectivity index is 1.47. The predicted molar refractivity (Wildman–Crippen MR) is 94.0 cm³/mol. The molecule has 0 bridgehead atoms. The summed E-state index contributed by atoms with van der Waals surface area (Å²) in [6.45, 7) is 4.42. The van der Waals surface area contributed by atoms with E-state index in [0.29, 0.717) is 33.0 Å². The van der Waals surface area contributed by atoms with Crippen molar-refractivity contribution >= 4 is 5.97 Å². The van der Waals surface area contributed by atoms with Crippen molar-refractivity contribution in [1.82, 2.24) is 0 Å². The minimum Gasteiger partial charge on any atom is -0.480 e. The Hall–Kier alpha value is -1.51. The summed E-state index contributed by atoms with van der Waals surface area (Å²) < 4.78 is 27.6. The van der Waals surface area contributed by atoms with Crippen LogP contribution in [0.2, 0.25) is 0 Å². The fraction of sp³-hybridized carbons (Fsp3) is 0.632. The van der Waals surface area contributed by atoms with Gasteiger partial charge in [-0.15, -0.1) is 0 Å². The first-order valence-electron chi connectivity index (χ1n) is 8.91. The minimum absolute atomic E-state index is 0.0149. The summed E-state index contributed by atoms with van der Waals surface area (Å²) in [5.74, 6) is -1.55. The molecule has 0 aromatic heterocycles. The molecule has 1 heterocycles. The van der Waals surface area contributed by atoms with Gasteiger partial charge in [0.15, 0.2) is 5.79 Å². The van der Waals surface area contributed by atoms with Gasteiger partial charge < -0.3 is 28.8 Å². The van der Waals surface area contributed by atoms with Gasteiger partial charge in [0.2, 0.25) is 0 Å². The molecule has 1 N–H and O–H groups in total. The molecule has 1 fully saturated rings. The topological polar surface area (TPSA) is 83.5 Å². The zero-order valence-electron chi connectivity index (χ0n) is 15.2. The highest BCUT2D eigenvalue weighted by Gasteiger charge is 2.37. The van der Waals surface area contributed by atoms with Crippen LogP contribution in [0.5, 0.6) is 0 Å². The van der Waals surface area contributed by atoms with E-state index < -0.39 is 11.8 Å². The van der Waals surface area contributed by atoms with E-state index >= 15 is 0 Å². The summed E-state index contributed by atoms with van der Waals surface area (Å²) in [7, 11) is 0. The predicted octanol–water partition coefficient (Wildman–Crippen LogP) is 2.41. The molecule has 1 aromatic rings. The van der Waals surface area contributed by atoms with Gasteiger partial charge in [0.1, 0.15) is 12.7 Å². The molecular formula is C19H28O7. The monoisotopic (exact) mass is 368 g/mol. The van der Waals surface area contributed by atoms with Crippen molar-refractivity contribution in [3.8, 4) is 0 Å². The van der Waals surface area contributed by atoms with Crippen LogP contribution < -0.4 is 0 Å². The van der Waals surface area contributed by atoms with Gasteiger partial charge in [0, 0.05) is 13.0 Å². The maximum absolute atomic E-state index is 10.2. The van der Waals surface area contributed by atoms with Crippen LogP contribution >= 0.6 is 0 Å².